The summed E-state index contributed by atoms with van der Waals surface area (Å²) in [5.74, 6) is 2.04. The molecule has 1 N–H and O–H groups in total. The fourth-order valence-corrected chi connectivity index (χ4v) is 7.45. The maximum absolute atomic E-state index is 10.1. The van der Waals surface area contributed by atoms with Crippen molar-refractivity contribution in [3.63, 3.8) is 0 Å². The third-order valence-electron chi connectivity index (χ3n) is 8.19. The maximum Gasteiger partial charge on any atom is 0.116 e. The molecule has 0 heterocycles. The molecule has 0 saturated heterocycles. The molecule has 0 aliphatic heterocycles. The first-order chi connectivity index (χ1) is 10.7. The van der Waals surface area contributed by atoms with Gasteiger partial charge in [0.15, 0.2) is 0 Å². The van der Waals surface area contributed by atoms with Gasteiger partial charge in [-0.1, -0.05) is 34.1 Å². The van der Waals surface area contributed by atoms with E-state index in [2.05, 4.69) is 40.7 Å². The molecule has 0 bridgehead atoms. The standard InChI is InChI=1S/C22H32O/c1-14-11-16(23)12-15-13-18-21(4)9-6-8-20(2,3)17(21)7-10-22(18,5)19(14)15/h11-12,17-18,23H,6-10,13H2,1-5H3/t17-,18+,21-,22+/m0/s1. The van der Waals surface area contributed by atoms with Crippen molar-refractivity contribution in [3.05, 3.63) is 28.8 Å². The van der Waals surface area contributed by atoms with Crippen LogP contribution in [0.2, 0.25) is 0 Å². The van der Waals surface area contributed by atoms with Gasteiger partial charge < -0.3 is 5.11 Å². The van der Waals surface area contributed by atoms with E-state index >= 15 is 0 Å². The Bertz CT molecular complexity index is 658. The molecule has 3 aliphatic rings. The summed E-state index contributed by atoms with van der Waals surface area (Å²) in [6, 6.07) is 4.03. The van der Waals surface area contributed by atoms with Gasteiger partial charge in [0, 0.05) is 0 Å². The number of phenols is 1. The first-order valence-corrected chi connectivity index (χ1v) is 9.51. The minimum atomic E-state index is 0.311. The Morgan fingerprint density at radius 2 is 1.74 bits per heavy atom. The van der Waals surface area contributed by atoms with Crippen molar-refractivity contribution >= 4 is 0 Å². The zero-order chi connectivity index (χ0) is 16.6. The molecule has 0 amide bonds. The minimum absolute atomic E-state index is 0.311. The fraction of sp³-hybridized carbons (Fsp3) is 0.727. The lowest BCUT2D eigenvalue weighted by molar-refractivity contribution is -0.0983. The van der Waals surface area contributed by atoms with Crippen LogP contribution < -0.4 is 0 Å². The molecule has 0 radical (unpaired) electrons. The second kappa shape index (κ2) is 4.55. The highest BCUT2D eigenvalue weighted by atomic mass is 16.3. The molecule has 2 saturated carbocycles. The summed E-state index contributed by atoms with van der Waals surface area (Å²) >= 11 is 0. The molecule has 4 atom stereocenters. The number of aryl methyl sites for hydroxylation is 1. The summed E-state index contributed by atoms with van der Waals surface area (Å²) in [6.07, 6.45) is 8.03. The summed E-state index contributed by atoms with van der Waals surface area (Å²) in [7, 11) is 0. The van der Waals surface area contributed by atoms with Gasteiger partial charge in [0.25, 0.3) is 0 Å². The Morgan fingerprint density at radius 3 is 2.48 bits per heavy atom. The van der Waals surface area contributed by atoms with Crippen LogP contribution in [0.5, 0.6) is 5.75 Å². The van der Waals surface area contributed by atoms with Gasteiger partial charge in [-0.2, -0.15) is 0 Å². The summed E-state index contributed by atoms with van der Waals surface area (Å²) < 4.78 is 0. The number of aromatic hydroxyl groups is 1. The Labute approximate surface area is 141 Å². The lowest BCUT2D eigenvalue weighted by Crippen LogP contribution is -2.55. The largest absolute Gasteiger partial charge is 0.508 e. The summed E-state index contributed by atoms with van der Waals surface area (Å²) in [5, 5.41) is 10.1. The summed E-state index contributed by atoms with van der Waals surface area (Å²) in [5.41, 5.74) is 5.56. The van der Waals surface area contributed by atoms with E-state index in [9.17, 15) is 5.11 Å². The molecular formula is C22H32O. The van der Waals surface area contributed by atoms with Crippen molar-refractivity contribution in [1.29, 1.82) is 0 Å². The average molecular weight is 312 g/mol. The first-order valence-electron chi connectivity index (χ1n) is 9.51. The molecule has 126 valence electrons. The topological polar surface area (TPSA) is 20.2 Å². The molecule has 0 unspecified atom stereocenters. The molecule has 3 aliphatic carbocycles. The van der Waals surface area contributed by atoms with Gasteiger partial charge in [0.05, 0.1) is 0 Å². The molecule has 1 nitrogen and oxygen atoms in total. The van der Waals surface area contributed by atoms with Gasteiger partial charge in [0.2, 0.25) is 0 Å². The van der Waals surface area contributed by atoms with Crippen molar-refractivity contribution in [1.82, 2.24) is 0 Å². The number of benzene rings is 1. The lowest BCUT2D eigenvalue weighted by Gasteiger charge is -2.61. The van der Waals surface area contributed by atoms with Crippen molar-refractivity contribution in [3.8, 4) is 5.75 Å². The second-order valence-corrected chi connectivity index (χ2v) is 9.91. The van der Waals surface area contributed by atoms with Crippen LogP contribution in [0, 0.1) is 29.6 Å². The first kappa shape index (κ1) is 15.5. The van der Waals surface area contributed by atoms with Crippen LogP contribution in [0.3, 0.4) is 0 Å². The van der Waals surface area contributed by atoms with Crippen LogP contribution in [0.4, 0.5) is 0 Å². The Morgan fingerprint density at radius 1 is 1.00 bits per heavy atom. The fourth-order valence-electron chi connectivity index (χ4n) is 7.45. The van der Waals surface area contributed by atoms with E-state index in [0.29, 0.717) is 22.0 Å². The summed E-state index contributed by atoms with van der Waals surface area (Å²) in [6.45, 7) is 12.3. The maximum atomic E-state index is 10.1. The van der Waals surface area contributed by atoms with E-state index in [1.54, 1.807) is 5.56 Å². The van der Waals surface area contributed by atoms with Crippen LogP contribution in [0.25, 0.3) is 0 Å². The average Bonchev–Trinajstić information content (AvgIpc) is 2.71. The monoisotopic (exact) mass is 312 g/mol. The van der Waals surface area contributed by atoms with Gasteiger partial charge in [-0.05, 0) is 95.9 Å². The highest BCUT2D eigenvalue weighted by Crippen LogP contribution is 2.67. The predicted octanol–water partition coefficient (Wildman–Crippen LogP) is 5.76. The number of rotatable bonds is 0. The zero-order valence-corrected chi connectivity index (χ0v) is 15.5. The van der Waals surface area contributed by atoms with Gasteiger partial charge in [-0.3, -0.25) is 0 Å². The third kappa shape index (κ3) is 1.91. The van der Waals surface area contributed by atoms with Gasteiger partial charge in [-0.25, -0.2) is 0 Å². The minimum Gasteiger partial charge on any atom is -0.508 e. The third-order valence-corrected chi connectivity index (χ3v) is 8.19. The second-order valence-electron chi connectivity index (χ2n) is 9.91. The van der Waals surface area contributed by atoms with E-state index in [0.717, 1.165) is 11.8 Å². The highest BCUT2D eigenvalue weighted by molar-refractivity contribution is 5.50. The van der Waals surface area contributed by atoms with E-state index in [4.69, 9.17) is 0 Å². The molecular weight excluding hydrogens is 280 g/mol. The molecule has 1 heteroatoms. The van der Waals surface area contributed by atoms with Crippen molar-refractivity contribution in [2.75, 3.05) is 0 Å². The summed E-state index contributed by atoms with van der Waals surface area (Å²) in [4.78, 5) is 0. The SMILES string of the molecule is Cc1cc(O)cc2c1[C@]1(C)CC[C@H]3C(C)(C)CCC[C@]3(C)[C@H]1C2. The normalized spacial score (nSPS) is 41.1. The van der Waals surface area contributed by atoms with E-state index in [-0.39, 0.29) is 0 Å². The van der Waals surface area contributed by atoms with Crippen molar-refractivity contribution < 1.29 is 5.11 Å². The Kier molecular flexibility index (Phi) is 3.08. The van der Waals surface area contributed by atoms with Crippen molar-refractivity contribution in [2.24, 2.45) is 22.7 Å². The van der Waals surface area contributed by atoms with E-state index < -0.39 is 0 Å². The quantitative estimate of drug-likeness (QED) is 0.646. The van der Waals surface area contributed by atoms with Crippen LogP contribution in [-0.4, -0.2) is 5.11 Å². The molecule has 1 aromatic rings. The molecule has 4 rings (SSSR count). The number of fused-ring (bicyclic) bond motifs is 5. The molecule has 2 fully saturated rings. The Balaban J connectivity index is 1.84. The highest BCUT2D eigenvalue weighted by Gasteiger charge is 2.61. The molecule has 23 heavy (non-hydrogen) atoms. The lowest BCUT2D eigenvalue weighted by atomic mass is 9.43. The van der Waals surface area contributed by atoms with Gasteiger partial charge >= 0.3 is 0 Å². The zero-order valence-electron chi connectivity index (χ0n) is 15.5. The smallest absolute Gasteiger partial charge is 0.116 e. The van der Waals surface area contributed by atoms with Gasteiger partial charge in [0.1, 0.15) is 5.75 Å². The van der Waals surface area contributed by atoms with Crippen LogP contribution in [0.1, 0.15) is 76.5 Å². The molecule has 0 aromatic heterocycles. The van der Waals surface area contributed by atoms with E-state index in [1.807, 2.05) is 6.07 Å². The molecule has 1 aromatic carbocycles. The van der Waals surface area contributed by atoms with Crippen LogP contribution in [0.15, 0.2) is 12.1 Å². The molecule has 0 spiro atoms. The van der Waals surface area contributed by atoms with E-state index in [1.165, 1.54) is 49.7 Å². The Hall–Kier alpha value is -0.980. The number of hydrogen-bond donors (Lipinski definition) is 1. The number of phenolic OH excluding ortho intramolecular Hbond substituents is 1. The number of hydrogen-bond acceptors (Lipinski definition) is 1. The predicted molar refractivity (Wildman–Crippen MR) is 95.9 cm³/mol. The van der Waals surface area contributed by atoms with Crippen molar-refractivity contribution in [2.45, 2.75) is 78.6 Å². The van der Waals surface area contributed by atoms with Crippen LogP contribution in [-0.2, 0) is 11.8 Å². The van der Waals surface area contributed by atoms with Gasteiger partial charge in [-0.15, -0.1) is 0 Å². The van der Waals surface area contributed by atoms with Crippen LogP contribution >= 0.6 is 0 Å².